The lowest BCUT2D eigenvalue weighted by Gasteiger charge is -2.03. The first-order chi connectivity index (χ1) is 8.86. The van der Waals surface area contributed by atoms with E-state index < -0.39 is 0 Å². The lowest BCUT2D eigenvalue weighted by Crippen LogP contribution is -2.16. The molecule has 1 heterocycles. The van der Waals surface area contributed by atoms with Crippen LogP contribution in [-0.2, 0) is 17.8 Å². The zero-order valence-electron chi connectivity index (χ0n) is 11.1. The molecule has 6 heteroatoms. The van der Waals surface area contributed by atoms with Crippen molar-refractivity contribution in [2.45, 2.75) is 39.3 Å². The molecule has 0 saturated heterocycles. The quantitative estimate of drug-likeness (QED) is 0.566. The van der Waals surface area contributed by atoms with Gasteiger partial charge in [0.2, 0.25) is 0 Å². The second-order valence-electron chi connectivity index (χ2n) is 4.19. The maximum absolute atomic E-state index is 8.71. The number of hydrogen-bond acceptors (Lipinski definition) is 5. The van der Waals surface area contributed by atoms with Crippen molar-refractivity contribution in [3.63, 3.8) is 0 Å². The highest BCUT2D eigenvalue weighted by Crippen LogP contribution is 1.94. The van der Waals surface area contributed by atoms with Crippen molar-refractivity contribution < 1.29 is 9.84 Å². The van der Waals surface area contributed by atoms with Gasteiger partial charge in [0, 0.05) is 39.1 Å². The summed E-state index contributed by atoms with van der Waals surface area (Å²) in [7, 11) is 0. The topological polar surface area (TPSA) is 72.2 Å². The maximum Gasteiger partial charge on any atom is 0.0964 e. The van der Waals surface area contributed by atoms with Crippen molar-refractivity contribution in [3.8, 4) is 0 Å². The highest BCUT2D eigenvalue weighted by molar-refractivity contribution is 4.91. The molecule has 1 aromatic rings. The van der Waals surface area contributed by atoms with Gasteiger partial charge < -0.3 is 15.2 Å². The molecule has 0 atom stereocenters. The lowest BCUT2D eigenvalue weighted by molar-refractivity contribution is 0.132. The average Bonchev–Trinajstić information content (AvgIpc) is 2.83. The molecule has 0 aliphatic heterocycles. The van der Waals surface area contributed by atoms with Crippen molar-refractivity contribution in [1.82, 2.24) is 20.3 Å². The molecule has 1 aromatic heterocycles. The number of aryl methyl sites for hydroxylation is 1. The number of aliphatic hydroxyl groups excluding tert-OH is 1. The highest BCUT2D eigenvalue weighted by atomic mass is 16.5. The Morgan fingerprint density at radius 3 is 3.06 bits per heavy atom. The lowest BCUT2D eigenvalue weighted by atomic mass is 10.4. The van der Waals surface area contributed by atoms with E-state index in [-0.39, 0.29) is 6.61 Å². The normalized spacial score (nSPS) is 11.0. The van der Waals surface area contributed by atoms with Crippen LogP contribution >= 0.6 is 0 Å². The third kappa shape index (κ3) is 6.68. The van der Waals surface area contributed by atoms with Gasteiger partial charge in [0.1, 0.15) is 0 Å². The summed E-state index contributed by atoms with van der Waals surface area (Å²) in [6.07, 6.45) is 4.71. The van der Waals surface area contributed by atoms with Crippen LogP contribution in [0.5, 0.6) is 0 Å². The number of nitrogens with zero attached hydrogens (tertiary/aromatic N) is 3. The second kappa shape index (κ2) is 9.99. The van der Waals surface area contributed by atoms with Gasteiger partial charge in [-0.3, -0.25) is 4.68 Å². The summed E-state index contributed by atoms with van der Waals surface area (Å²) < 4.78 is 7.15. The molecule has 0 bridgehead atoms. The van der Waals surface area contributed by atoms with Crippen LogP contribution in [0.25, 0.3) is 0 Å². The molecule has 0 amide bonds. The van der Waals surface area contributed by atoms with E-state index in [1.807, 2.05) is 6.20 Å². The number of hydrogen-bond donors (Lipinski definition) is 2. The second-order valence-corrected chi connectivity index (χ2v) is 4.19. The molecule has 1 rings (SSSR count). The predicted octanol–water partition coefficient (Wildman–Crippen LogP) is 0.567. The highest BCUT2D eigenvalue weighted by Gasteiger charge is 1.99. The Kier molecular flexibility index (Phi) is 8.37. The zero-order valence-corrected chi connectivity index (χ0v) is 11.1. The fraction of sp³-hybridized carbons (Fsp3) is 0.833. The molecule has 0 aliphatic rings. The van der Waals surface area contributed by atoms with E-state index in [0.29, 0.717) is 13.0 Å². The largest absolute Gasteiger partial charge is 0.396 e. The number of rotatable bonds is 11. The number of ether oxygens (including phenoxy) is 1. The monoisotopic (exact) mass is 256 g/mol. The molecule has 6 nitrogen and oxygen atoms in total. The third-order valence-electron chi connectivity index (χ3n) is 2.43. The Hall–Kier alpha value is -0.980. The summed E-state index contributed by atoms with van der Waals surface area (Å²) >= 11 is 0. The van der Waals surface area contributed by atoms with Gasteiger partial charge in [0.05, 0.1) is 5.69 Å². The predicted molar refractivity (Wildman–Crippen MR) is 69.2 cm³/mol. The Labute approximate surface area is 108 Å². The van der Waals surface area contributed by atoms with Crippen molar-refractivity contribution in [1.29, 1.82) is 0 Å². The average molecular weight is 256 g/mol. The number of aromatic nitrogens is 3. The van der Waals surface area contributed by atoms with Crippen LogP contribution in [0.3, 0.4) is 0 Å². The molecule has 18 heavy (non-hydrogen) atoms. The Morgan fingerprint density at radius 2 is 2.28 bits per heavy atom. The van der Waals surface area contributed by atoms with Gasteiger partial charge >= 0.3 is 0 Å². The molecule has 0 spiro atoms. The van der Waals surface area contributed by atoms with E-state index in [0.717, 1.165) is 44.8 Å². The van der Waals surface area contributed by atoms with Crippen LogP contribution in [0, 0.1) is 0 Å². The van der Waals surface area contributed by atoms with Gasteiger partial charge in [-0.1, -0.05) is 12.1 Å². The van der Waals surface area contributed by atoms with E-state index in [9.17, 15) is 0 Å². The van der Waals surface area contributed by atoms with Gasteiger partial charge in [0.15, 0.2) is 0 Å². The minimum atomic E-state index is 0.186. The molecule has 0 saturated carbocycles. The smallest absolute Gasteiger partial charge is 0.0964 e. The molecule has 0 aliphatic carbocycles. The Balaban J connectivity index is 2.03. The number of aliphatic hydroxyl groups is 1. The minimum absolute atomic E-state index is 0.186. The fourth-order valence-corrected chi connectivity index (χ4v) is 1.52. The molecular formula is C12H24N4O2. The van der Waals surface area contributed by atoms with Gasteiger partial charge in [-0.15, -0.1) is 5.10 Å². The van der Waals surface area contributed by atoms with Gasteiger partial charge in [-0.25, -0.2) is 0 Å². The van der Waals surface area contributed by atoms with Crippen LogP contribution in [0.1, 0.15) is 31.9 Å². The molecular weight excluding hydrogens is 232 g/mol. The van der Waals surface area contributed by atoms with Gasteiger partial charge in [-0.2, -0.15) is 0 Å². The minimum Gasteiger partial charge on any atom is -0.396 e. The summed E-state index contributed by atoms with van der Waals surface area (Å²) in [4.78, 5) is 0. The first-order valence-electron chi connectivity index (χ1n) is 6.65. The molecule has 0 unspecified atom stereocenters. The molecule has 2 N–H and O–H groups in total. The SMILES string of the molecule is CCCOCCCNCc1cn(CCCO)nn1. The van der Waals surface area contributed by atoms with Crippen LogP contribution in [0.4, 0.5) is 0 Å². The standard InChI is InChI=1S/C12H24N4O2/c1-2-8-18-9-3-5-13-10-12-11-16(15-14-12)6-4-7-17/h11,13,17H,2-10H2,1H3. The first-order valence-corrected chi connectivity index (χ1v) is 6.65. The molecule has 0 radical (unpaired) electrons. The van der Waals surface area contributed by atoms with E-state index >= 15 is 0 Å². The van der Waals surface area contributed by atoms with Gasteiger partial charge in [-0.05, 0) is 25.8 Å². The van der Waals surface area contributed by atoms with Crippen molar-refractivity contribution in [2.75, 3.05) is 26.4 Å². The number of nitrogens with one attached hydrogen (secondary N) is 1. The van der Waals surface area contributed by atoms with Crippen molar-refractivity contribution in [3.05, 3.63) is 11.9 Å². The first kappa shape index (κ1) is 15.1. The Bertz CT molecular complexity index is 304. The Morgan fingerprint density at radius 1 is 1.39 bits per heavy atom. The van der Waals surface area contributed by atoms with Crippen LogP contribution < -0.4 is 5.32 Å². The van der Waals surface area contributed by atoms with E-state index in [2.05, 4.69) is 22.6 Å². The van der Waals surface area contributed by atoms with Crippen LogP contribution in [0.2, 0.25) is 0 Å². The van der Waals surface area contributed by atoms with Crippen LogP contribution in [-0.4, -0.2) is 46.5 Å². The van der Waals surface area contributed by atoms with Crippen LogP contribution in [0.15, 0.2) is 6.20 Å². The third-order valence-corrected chi connectivity index (χ3v) is 2.43. The molecule has 0 fully saturated rings. The van der Waals surface area contributed by atoms with E-state index in [1.54, 1.807) is 4.68 Å². The maximum atomic E-state index is 8.71. The fourth-order valence-electron chi connectivity index (χ4n) is 1.52. The van der Waals surface area contributed by atoms with Gasteiger partial charge in [0.25, 0.3) is 0 Å². The summed E-state index contributed by atoms with van der Waals surface area (Å²) in [6.45, 7) is 6.32. The van der Waals surface area contributed by atoms with Crippen molar-refractivity contribution in [2.24, 2.45) is 0 Å². The summed E-state index contributed by atoms with van der Waals surface area (Å²) in [5, 5.41) is 20.1. The van der Waals surface area contributed by atoms with E-state index in [4.69, 9.17) is 9.84 Å². The summed E-state index contributed by atoms with van der Waals surface area (Å²) in [5.41, 5.74) is 0.933. The van der Waals surface area contributed by atoms with E-state index in [1.165, 1.54) is 0 Å². The zero-order chi connectivity index (χ0) is 13.1. The summed E-state index contributed by atoms with van der Waals surface area (Å²) in [6, 6.07) is 0. The molecule has 0 aromatic carbocycles. The summed E-state index contributed by atoms with van der Waals surface area (Å²) in [5.74, 6) is 0. The van der Waals surface area contributed by atoms with Crippen molar-refractivity contribution >= 4 is 0 Å². The molecule has 104 valence electrons.